The second-order valence-corrected chi connectivity index (χ2v) is 9.16. The fourth-order valence-corrected chi connectivity index (χ4v) is 4.74. The van der Waals surface area contributed by atoms with E-state index < -0.39 is 0 Å². The van der Waals surface area contributed by atoms with Crippen LogP contribution in [0, 0.1) is 5.92 Å². The van der Waals surface area contributed by atoms with Crippen molar-refractivity contribution in [3.8, 4) is 17.0 Å². The standard InChI is InChI=1S/C27H32N6O/c1-34-23-14-11-19(12-15-23)16-29-27-30-17-24-25(21-7-3-2-4-8-21)32-33(26(24)31-27)18-20-6-5-9-22(28)13-10-20/h2-4,7-8,11-12,14-15,17,20,22H,5-6,9-10,13,16,18,28H2,1H3,(H,29,30,31). The predicted molar refractivity (Wildman–Crippen MR) is 136 cm³/mol. The highest BCUT2D eigenvalue weighted by Gasteiger charge is 2.21. The molecule has 0 aliphatic heterocycles. The van der Waals surface area contributed by atoms with Gasteiger partial charge in [0.2, 0.25) is 5.95 Å². The van der Waals surface area contributed by atoms with Crippen LogP contribution in [0.4, 0.5) is 5.95 Å². The van der Waals surface area contributed by atoms with Gasteiger partial charge in [0.05, 0.1) is 12.5 Å². The van der Waals surface area contributed by atoms with Crippen molar-refractivity contribution in [3.05, 3.63) is 66.4 Å². The molecule has 0 bridgehead atoms. The van der Waals surface area contributed by atoms with Crippen molar-refractivity contribution < 1.29 is 4.74 Å². The Morgan fingerprint density at radius 1 is 1.03 bits per heavy atom. The highest BCUT2D eigenvalue weighted by atomic mass is 16.5. The van der Waals surface area contributed by atoms with Crippen LogP contribution in [0.15, 0.2) is 60.8 Å². The minimum atomic E-state index is 0.329. The lowest BCUT2D eigenvalue weighted by Crippen LogP contribution is -2.18. The first-order valence-electron chi connectivity index (χ1n) is 12.1. The Hall–Kier alpha value is -3.45. The van der Waals surface area contributed by atoms with Gasteiger partial charge in [0.15, 0.2) is 5.65 Å². The summed E-state index contributed by atoms with van der Waals surface area (Å²) < 4.78 is 7.33. The topological polar surface area (TPSA) is 90.9 Å². The summed E-state index contributed by atoms with van der Waals surface area (Å²) >= 11 is 0. The maximum absolute atomic E-state index is 6.22. The van der Waals surface area contributed by atoms with Crippen LogP contribution in [-0.4, -0.2) is 32.9 Å². The molecule has 0 radical (unpaired) electrons. The number of methoxy groups -OCH3 is 1. The van der Waals surface area contributed by atoms with E-state index in [9.17, 15) is 0 Å². The van der Waals surface area contributed by atoms with Crippen molar-refractivity contribution in [2.45, 2.75) is 51.2 Å². The fourth-order valence-electron chi connectivity index (χ4n) is 4.74. The minimum absolute atomic E-state index is 0.329. The van der Waals surface area contributed by atoms with Crippen molar-refractivity contribution >= 4 is 17.0 Å². The lowest BCUT2D eigenvalue weighted by atomic mass is 10.0. The molecule has 5 rings (SSSR count). The van der Waals surface area contributed by atoms with E-state index >= 15 is 0 Å². The van der Waals surface area contributed by atoms with Gasteiger partial charge in [-0.3, -0.25) is 0 Å². The third-order valence-corrected chi connectivity index (χ3v) is 6.71. The highest BCUT2D eigenvalue weighted by molar-refractivity contribution is 5.91. The van der Waals surface area contributed by atoms with E-state index in [-0.39, 0.29) is 0 Å². The molecule has 0 amide bonds. The molecule has 2 aromatic heterocycles. The number of nitrogens with one attached hydrogen (secondary N) is 1. The first-order chi connectivity index (χ1) is 16.7. The SMILES string of the molecule is COc1ccc(CNc2ncc3c(-c4ccccc4)nn(CC4CCCC(N)CC4)c3n2)cc1. The van der Waals surface area contributed by atoms with E-state index in [1.165, 1.54) is 12.8 Å². The third-order valence-electron chi connectivity index (χ3n) is 6.71. The summed E-state index contributed by atoms with van der Waals surface area (Å²) in [7, 11) is 1.67. The quantitative estimate of drug-likeness (QED) is 0.379. The lowest BCUT2D eigenvalue weighted by Gasteiger charge is -2.14. The summed E-state index contributed by atoms with van der Waals surface area (Å²) in [6, 6.07) is 18.6. The third kappa shape index (κ3) is 5.04. The van der Waals surface area contributed by atoms with E-state index in [1.54, 1.807) is 7.11 Å². The lowest BCUT2D eigenvalue weighted by molar-refractivity contribution is 0.380. The van der Waals surface area contributed by atoms with Gasteiger partial charge in [-0.15, -0.1) is 0 Å². The molecule has 7 heteroatoms. The summed E-state index contributed by atoms with van der Waals surface area (Å²) in [4.78, 5) is 9.51. The number of aromatic nitrogens is 4. The Balaban J connectivity index is 1.43. The van der Waals surface area contributed by atoms with Gasteiger partial charge in [-0.05, 0) is 49.3 Å². The van der Waals surface area contributed by atoms with Crippen LogP contribution < -0.4 is 15.8 Å². The van der Waals surface area contributed by atoms with Gasteiger partial charge in [0.1, 0.15) is 11.4 Å². The van der Waals surface area contributed by atoms with Crippen LogP contribution in [0.3, 0.4) is 0 Å². The summed E-state index contributed by atoms with van der Waals surface area (Å²) in [5, 5.41) is 9.37. The zero-order valence-electron chi connectivity index (χ0n) is 19.7. The molecule has 2 heterocycles. The Labute approximate surface area is 200 Å². The number of benzene rings is 2. The number of fused-ring (bicyclic) bond motifs is 1. The first-order valence-corrected chi connectivity index (χ1v) is 12.1. The molecule has 0 spiro atoms. The van der Waals surface area contributed by atoms with E-state index in [1.807, 2.05) is 48.7 Å². The largest absolute Gasteiger partial charge is 0.497 e. The van der Waals surface area contributed by atoms with Crippen LogP contribution in [0.1, 0.15) is 37.7 Å². The molecule has 1 fully saturated rings. The Bertz CT molecular complexity index is 1220. The molecule has 2 aromatic carbocycles. The number of hydrogen-bond donors (Lipinski definition) is 2. The molecule has 4 aromatic rings. The predicted octanol–water partition coefficient (Wildman–Crippen LogP) is 5.02. The van der Waals surface area contributed by atoms with Gasteiger partial charge in [-0.25, -0.2) is 9.67 Å². The Morgan fingerprint density at radius 2 is 1.85 bits per heavy atom. The summed E-state index contributed by atoms with van der Waals surface area (Å²) in [5.41, 5.74) is 10.2. The normalized spacial score (nSPS) is 18.5. The number of nitrogens with two attached hydrogens (primary N) is 1. The maximum atomic E-state index is 6.22. The summed E-state index contributed by atoms with van der Waals surface area (Å²) in [5.74, 6) is 2.01. The van der Waals surface area contributed by atoms with Crippen molar-refractivity contribution in [1.82, 2.24) is 19.7 Å². The Kier molecular flexibility index (Phi) is 6.72. The highest BCUT2D eigenvalue weighted by Crippen LogP contribution is 2.30. The second-order valence-electron chi connectivity index (χ2n) is 9.16. The van der Waals surface area contributed by atoms with Crippen LogP contribution in [0.2, 0.25) is 0 Å². The van der Waals surface area contributed by atoms with E-state index in [0.717, 1.165) is 59.4 Å². The number of anilines is 1. The van der Waals surface area contributed by atoms with Gasteiger partial charge < -0.3 is 15.8 Å². The van der Waals surface area contributed by atoms with Gasteiger partial charge in [-0.2, -0.15) is 10.1 Å². The van der Waals surface area contributed by atoms with Crippen LogP contribution in [0.5, 0.6) is 5.75 Å². The Morgan fingerprint density at radius 3 is 2.65 bits per heavy atom. The zero-order chi connectivity index (χ0) is 23.3. The first kappa shape index (κ1) is 22.3. The van der Waals surface area contributed by atoms with Crippen LogP contribution in [0.25, 0.3) is 22.3 Å². The molecule has 1 aliphatic rings. The average Bonchev–Trinajstić information content (AvgIpc) is 3.10. The smallest absolute Gasteiger partial charge is 0.224 e. The van der Waals surface area contributed by atoms with E-state index in [4.69, 9.17) is 20.6 Å². The second kappa shape index (κ2) is 10.2. The molecule has 34 heavy (non-hydrogen) atoms. The van der Waals surface area contributed by atoms with Crippen LogP contribution in [-0.2, 0) is 13.1 Å². The van der Waals surface area contributed by atoms with Gasteiger partial charge in [0, 0.05) is 30.9 Å². The summed E-state index contributed by atoms with van der Waals surface area (Å²) in [6.45, 7) is 1.49. The fraction of sp³-hybridized carbons (Fsp3) is 0.370. The van der Waals surface area contributed by atoms with Crippen molar-refractivity contribution in [2.75, 3.05) is 12.4 Å². The number of nitrogens with zero attached hydrogens (tertiary/aromatic N) is 4. The molecule has 1 aliphatic carbocycles. The van der Waals surface area contributed by atoms with Gasteiger partial charge in [-0.1, -0.05) is 48.9 Å². The monoisotopic (exact) mass is 456 g/mol. The van der Waals surface area contributed by atoms with Gasteiger partial charge in [0.25, 0.3) is 0 Å². The molecule has 0 saturated heterocycles. The average molecular weight is 457 g/mol. The molecular weight excluding hydrogens is 424 g/mol. The van der Waals surface area contributed by atoms with Crippen LogP contribution >= 0.6 is 0 Å². The van der Waals surface area contributed by atoms with Crippen molar-refractivity contribution in [2.24, 2.45) is 11.7 Å². The molecule has 2 atom stereocenters. The maximum Gasteiger partial charge on any atom is 0.224 e. The molecular formula is C27H32N6O. The van der Waals surface area contributed by atoms with Crippen molar-refractivity contribution in [3.63, 3.8) is 0 Å². The molecule has 7 nitrogen and oxygen atoms in total. The minimum Gasteiger partial charge on any atom is -0.497 e. The molecule has 1 saturated carbocycles. The molecule has 3 N–H and O–H groups in total. The van der Waals surface area contributed by atoms with Gasteiger partial charge >= 0.3 is 0 Å². The van der Waals surface area contributed by atoms with Crippen molar-refractivity contribution in [1.29, 1.82) is 0 Å². The number of rotatable bonds is 7. The number of ether oxygens (including phenoxy) is 1. The zero-order valence-corrected chi connectivity index (χ0v) is 19.7. The molecule has 2 unspecified atom stereocenters. The summed E-state index contributed by atoms with van der Waals surface area (Å²) in [6.07, 6.45) is 7.60. The molecule has 176 valence electrons. The van der Waals surface area contributed by atoms with E-state index in [2.05, 4.69) is 27.1 Å². The van der Waals surface area contributed by atoms with E-state index in [0.29, 0.717) is 24.5 Å². The number of hydrogen-bond acceptors (Lipinski definition) is 6.